The molecule has 4 aliphatic rings. The molecule has 0 N–H and O–H groups in total. The van der Waals surface area contributed by atoms with Gasteiger partial charge in [0, 0.05) is 12.3 Å². The summed E-state index contributed by atoms with van der Waals surface area (Å²) in [4.78, 5) is 25.6. The van der Waals surface area contributed by atoms with Crippen LogP contribution in [0.2, 0.25) is 0 Å². The maximum absolute atomic E-state index is 13.9. The molecule has 30 heavy (non-hydrogen) atoms. The second-order valence-corrected chi connectivity index (χ2v) is 11.5. The maximum atomic E-state index is 13.9. The number of carbonyl (C=O) groups excluding carboxylic acids is 2. The summed E-state index contributed by atoms with van der Waals surface area (Å²) < 4.78 is 4.88. The number of rotatable bonds is 4. The van der Waals surface area contributed by atoms with Crippen molar-refractivity contribution in [3.8, 4) is 0 Å². The van der Waals surface area contributed by atoms with Gasteiger partial charge in [0.05, 0.1) is 7.11 Å². The SMILES string of the molecule is C/C=C1/C(=O)C2C(CC[C@@]3(C)C2CCC3[C@H](C)CCC(=O)OC)[C@@]2(C)CCCCC12. The Bertz CT molecular complexity index is 724. The molecule has 4 rings (SSSR count). The van der Waals surface area contributed by atoms with E-state index in [1.54, 1.807) is 0 Å². The van der Waals surface area contributed by atoms with Crippen LogP contribution in [0.25, 0.3) is 0 Å². The lowest BCUT2D eigenvalue weighted by Gasteiger charge is -2.60. The molecule has 4 saturated carbocycles. The molecule has 5 unspecified atom stereocenters. The Hall–Kier alpha value is -1.12. The monoisotopic (exact) mass is 414 g/mol. The van der Waals surface area contributed by atoms with Gasteiger partial charge in [-0.25, -0.2) is 0 Å². The lowest BCUT2D eigenvalue weighted by molar-refractivity contribution is -0.146. The number of allylic oxidation sites excluding steroid dienone is 2. The second-order valence-electron chi connectivity index (χ2n) is 11.5. The second kappa shape index (κ2) is 8.10. The predicted molar refractivity (Wildman–Crippen MR) is 120 cm³/mol. The van der Waals surface area contributed by atoms with Gasteiger partial charge in [0.25, 0.3) is 0 Å². The van der Waals surface area contributed by atoms with Gasteiger partial charge in [0.15, 0.2) is 5.78 Å². The zero-order valence-corrected chi connectivity index (χ0v) is 19.8. The molecule has 3 nitrogen and oxygen atoms in total. The van der Waals surface area contributed by atoms with Crippen LogP contribution < -0.4 is 0 Å². The zero-order chi connectivity index (χ0) is 21.7. The van der Waals surface area contributed by atoms with Crippen LogP contribution in [-0.2, 0) is 14.3 Å². The van der Waals surface area contributed by atoms with E-state index in [0.29, 0.717) is 47.2 Å². The molecule has 0 heterocycles. The molecule has 0 radical (unpaired) electrons. The van der Waals surface area contributed by atoms with Crippen molar-refractivity contribution in [3.63, 3.8) is 0 Å². The highest BCUT2D eigenvalue weighted by Gasteiger charge is 2.63. The van der Waals surface area contributed by atoms with E-state index in [1.807, 2.05) is 0 Å². The maximum Gasteiger partial charge on any atom is 0.305 e. The molecule has 4 fully saturated rings. The van der Waals surface area contributed by atoms with Crippen LogP contribution in [0, 0.1) is 46.3 Å². The van der Waals surface area contributed by atoms with Crippen molar-refractivity contribution >= 4 is 11.8 Å². The molecule has 0 amide bonds. The summed E-state index contributed by atoms with van der Waals surface area (Å²) in [7, 11) is 1.48. The van der Waals surface area contributed by atoms with Gasteiger partial charge in [-0.05, 0) is 97.9 Å². The van der Waals surface area contributed by atoms with Crippen LogP contribution >= 0.6 is 0 Å². The van der Waals surface area contributed by atoms with Gasteiger partial charge < -0.3 is 4.74 Å². The van der Waals surface area contributed by atoms with Crippen molar-refractivity contribution in [2.75, 3.05) is 7.11 Å². The predicted octanol–water partition coefficient (Wildman–Crippen LogP) is 6.36. The number of hydrogen-bond acceptors (Lipinski definition) is 3. The third-order valence-corrected chi connectivity index (χ3v) is 10.4. The standard InChI is InChI=1S/C27H42O3/c1-6-18-20-9-7-8-15-26(20,3)22-14-16-27(4)19(17(2)10-13-23(28)30-5)11-12-21(27)24(22)25(18)29/h6,17,19-22,24H,7-16H2,1-5H3/b18-6+/t17-,19?,20?,21?,22?,24?,26+,27-/m1/s1. The smallest absolute Gasteiger partial charge is 0.305 e. The molecule has 4 aliphatic carbocycles. The molecule has 3 heteroatoms. The fourth-order valence-corrected chi connectivity index (χ4v) is 8.89. The minimum atomic E-state index is -0.0956. The lowest BCUT2D eigenvalue weighted by atomic mass is 9.43. The highest BCUT2D eigenvalue weighted by Crippen LogP contribution is 2.68. The van der Waals surface area contributed by atoms with E-state index in [4.69, 9.17) is 4.74 Å². The van der Waals surface area contributed by atoms with Crippen molar-refractivity contribution < 1.29 is 14.3 Å². The summed E-state index contributed by atoms with van der Waals surface area (Å²) >= 11 is 0. The van der Waals surface area contributed by atoms with Crippen LogP contribution in [0.5, 0.6) is 0 Å². The minimum Gasteiger partial charge on any atom is -0.469 e. The molecule has 0 bridgehead atoms. The van der Waals surface area contributed by atoms with E-state index in [1.165, 1.54) is 64.0 Å². The van der Waals surface area contributed by atoms with Gasteiger partial charge in [-0.2, -0.15) is 0 Å². The fraction of sp³-hybridized carbons (Fsp3) is 0.852. The van der Waals surface area contributed by atoms with Gasteiger partial charge in [-0.15, -0.1) is 0 Å². The Balaban J connectivity index is 1.61. The van der Waals surface area contributed by atoms with Crippen molar-refractivity contribution in [1.29, 1.82) is 0 Å². The van der Waals surface area contributed by atoms with Crippen molar-refractivity contribution in [3.05, 3.63) is 11.6 Å². The summed E-state index contributed by atoms with van der Waals surface area (Å²) in [5.74, 6) is 3.34. The fourth-order valence-electron chi connectivity index (χ4n) is 8.89. The number of hydrogen-bond donors (Lipinski definition) is 0. The number of esters is 1. The topological polar surface area (TPSA) is 43.4 Å². The molecule has 0 aromatic carbocycles. The van der Waals surface area contributed by atoms with E-state index < -0.39 is 0 Å². The van der Waals surface area contributed by atoms with Crippen LogP contribution in [0.3, 0.4) is 0 Å². The van der Waals surface area contributed by atoms with Crippen molar-refractivity contribution in [2.45, 2.75) is 91.9 Å². The minimum absolute atomic E-state index is 0.0956. The van der Waals surface area contributed by atoms with Crippen molar-refractivity contribution in [1.82, 2.24) is 0 Å². The van der Waals surface area contributed by atoms with E-state index in [9.17, 15) is 9.59 Å². The van der Waals surface area contributed by atoms with Gasteiger partial charge >= 0.3 is 5.97 Å². The number of Topliss-reactive ketones (excluding diaryl/α,β-unsaturated/α-hetero) is 1. The number of fused-ring (bicyclic) bond motifs is 5. The molecular weight excluding hydrogens is 372 g/mol. The molecule has 8 atom stereocenters. The van der Waals surface area contributed by atoms with Gasteiger partial charge in [0.1, 0.15) is 0 Å². The summed E-state index contributed by atoms with van der Waals surface area (Å²) in [5.41, 5.74) is 1.72. The average Bonchev–Trinajstić information content (AvgIpc) is 3.09. The quantitative estimate of drug-likeness (QED) is 0.397. The van der Waals surface area contributed by atoms with E-state index in [0.717, 1.165) is 6.42 Å². The van der Waals surface area contributed by atoms with Crippen LogP contribution in [-0.4, -0.2) is 18.9 Å². The molecular formula is C27H42O3. The Labute approximate surface area is 183 Å². The normalized spacial score (nSPS) is 45.4. The summed E-state index contributed by atoms with van der Waals surface area (Å²) in [6.45, 7) is 9.43. The number of carbonyl (C=O) groups is 2. The Morgan fingerprint density at radius 1 is 1.10 bits per heavy atom. The first kappa shape index (κ1) is 22.1. The average molecular weight is 415 g/mol. The third kappa shape index (κ3) is 3.21. The Morgan fingerprint density at radius 2 is 1.83 bits per heavy atom. The zero-order valence-electron chi connectivity index (χ0n) is 19.8. The third-order valence-electron chi connectivity index (χ3n) is 10.4. The summed E-state index contributed by atoms with van der Waals surface area (Å²) in [5, 5.41) is 0. The van der Waals surface area contributed by atoms with Gasteiger partial charge in [0.2, 0.25) is 0 Å². The van der Waals surface area contributed by atoms with Crippen LogP contribution in [0.4, 0.5) is 0 Å². The first-order valence-corrected chi connectivity index (χ1v) is 12.5. The summed E-state index contributed by atoms with van der Waals surface area (Å²) in [6, 6.07) is 0. The number of ether oxygens (including phenoxy) is 1. The first-order chi connectivity index (χ1) is 14.3. The highest BCUT2D eigenvalue weighted by atomic mass is 16.5. The van der Waals surface area contributed by atoms with Crippen LogP contribution in [0.1, 0.15) is 91.9 Å². The Morgan fingerprint density at radius 3 is 2.53 bits per heavy atom. The first-order valence-electron chi connectivity index (χ1n) is 12.5. The summed E-state index contributed by atoms with van der Waals surface area (Å²) in [6.07, 6.45) is 13.6. The van der Waals surface area contributed by atoms with Crippen LogP contribution in [0.15, 0.2) is 11.6 Å². The highest BCUT2D eigenvalue weighted by molar-refractivity contribution is 5.99. The molecule has 0 aromatic rings. The van der Waals surface area contributed by atoms with E-state index >= 15 is 0 Å². The molecule has 0 aromatic heterocycles. The number of ketones is 1. The molecule has 0 aliphatic heterocycles. The van der Waals surface area contributed by atoms with E-state index in [2.05, 4.69) is 33.8 Å². The van der Waals surface area contributed by atoms with Gasteiger partial charge in [-0.3, -0.25) is 9.59 Å². The van der Waals surface area contributed by atoms with Crippen molar-refractivity contribution in [2.24, 2.45) is 46.3 Å². The van der Waals surface area contributed by atoms with E-state index in [-0.39, 0.29) is 17.3 Å². The lowest BCUT2D eigenvalue weighted by Crippen LogP contribution is -2.57. The van der Waals surface area contributed by atoms with Gasteiger partial charge in [-0.1, -0.05) is 39.7 Å². The number of methoxy groups -OCH3 is 1. The Kier molecular flexibility index (Phi) is 5.96. The molecule has 0 saturated heterocycles. The molecule has 168 valence electrons. The molecule has 0 spiro atoms. The largest absolute Gasteiger partial charge is 0.469 e.